The minimum Gasteiger partial charge on any atom is -0.339 e. The molecule has 2 N–H and O–H groups in total. The average Bonchev–Trinajstić information content (AvgIpc) is 3.17. The van der Waals surface area contributed by atoms with E-state index in [2.05, 4.69) is 19.0 Å². The summed E-state index contributed by atoms with van der Waals surface area (Å²) in [5.41, 5.74) is 5.98. The number of nitrogens with zero attached hydrogens (tertiary/aromatic N) is 2. The van der Waals surface area contributed by atoms with Crippen LogP contribution in [0.15, 0.2) is 4.52 Å². The van der Waals surface area contributed by atoms with Crippen LogP contribution in [0.4, 0.5) is 0 Å². The summed E-state index contributed by atoms with van der Waals surface area (Å²) < 4.78 is 5.63. The van der Waals surface area contributed by atoms with E-state index >= 15 is 0 Å². The summed E-state index contributed by atoms with van der Waals surface area (Å²) in [6, 6.07) is 0. The van der Waals surface area contributed by atoms with Gasteiger partial charge < -0.3 is 10.3 Å². The fourth-order valence-electron chi connectivity index (χ4n) is 4.22. The summed E-state index contributed by atoms with van der Waals surface area (Å²) in [6.45, 7) is 5.31. The van der Waals surface area contributed by atoms with Gasteiger partial charge in [0.2, 0.25) is 5.89 Å². The fraction of sp³-hybridized carbons (Fsp3) is 0.882. The molecule has 1 aromatic rings. The lowest BCUT2D eigenvalue weighted by Gasteiger charge is -2.29. The number of hydrogen-bond donors (Lipinski definition) is 1. The molecule has 0 spiro atoms. The second-order valence-electron chi connectivity index (χ2n) is 7.51. The lowest BCUT2D eigenvalue weighted by molar-refractivity contribution is 0.249. The SMILES string of the molecule is CC(C)C1CCC(c2noc(C3(CN)CCCC3)n2)CC1. The van der Waals surface area contributed by atoms with Gasteiger partial charge in [0.05, 0.1) is 5.41 Å². The van der Waals surface area contributed by atoms with Crippen molar-refractivity contribution in [2.45, 2.75) is 76.5 Å². The second-order valence-corrected chi connectivity index (χ2v) is 7.51. The largest absolute Gasteiger partial charge is 0.339 e. The molecule has 2 aliphatic rings. The van der Waals surface area contributed by atoms with Crippen LogP contribution in [0.2, 0.25) is 0 Å². The molecule has 0 bridgehead atoms. The third-order valence-electron chi connectivity index (χ3n) is 5.93. The van der Waals surface area contributed by atoms with E-state index in [1.807, 2.05) is 0 Å². The van der Waals surface area contributed by atoms with Gasteiger partial charge in [-0.1, -0.05) is 31.8 Å². The molecule has 0 aromatic carbocycles. The predicted octanol–water partition coefficient (Wildman–Crippen LogP) is 3.77. The molecule has 2 saturated carbocycles. The molecular weight excluding hydrogens is 262 g/mol. The zero-order valence-corrected chi connectivity index (χ0v) is 13.5. The van der Waals surface area contributed by atoms with Crippen LogP contribution in [0, 0.1) is 11.8 Å². The van der Waals surface area contributed by atoms with Crippen molar-refractivity contribution < 1.29 is 4.52 Å². The monoisotopic (exact) mass is 291 g/mol. The first-order valence-corrected chi connectivity index (χ1v) is 8.69. The molecule has 0 amide bonds. The number of aromatic nitrogens is 2. The third-order valence-corrected chi connectivity index (χ3v) is 5.93. The molecule has 4 nitrogen and oxygen atoms in total. The predicted molar refractivity (Wildman–Crippen MR) is 83.0 cm³/mol. The maximum atomic E-state index is 6.01. The fourth-order valence-corrected chi connectivity index (χ4v) is 4.22. The first-order valence-electron chi connectivity index (χ1n) is 8.69. The maximum Gasteiger partial charge on any atom is 0.234 e. The topological polar surface area (TPSA) is 64.9 Å². The Bertz CT molecular complexity index is 454. The summed E-state index contributed by atoms with van der Waals surface area (Å²) in [5.74, 6) is 3.91. The van der Waals surface area contributed by atoms with E-state index in [-0.39, 0.29) is 5.41 Å². The molecule has 0 radical (unpaired) electrons. The molecule has 0 atom stereocenters. The van der Waals surface area contributed by atoms with Crippen molar-refractivity contribution in [3.8, 4) is 0 Å². The molecule has 0 aliphatic heterocycles. The smallest absolute Gasteiger partial charge is 0.234 e. The Morgan fingerprint density at radius 1 is 1.19 bits per heavy atom. The zero-order valence-electron chi connectivity index (χ0n) is 13.5. The van der Waals surface area contributed by atoms with Gasteiger partial charge in [-0.15, -0.1) is 0 Å². The number of nitrogens with two attached hydrogens (primary N) is 1. The van der Waals surface area contributed by atoms with Gasteiger partial charge in [-0.25, -0.2) is 0 Å². The molecule has 0 unspecified atom stereocenters. The van der Waals surface area contributed by atoms with Crippen LogP contribution in [0.5, 0.6) is 0 Å². The highest BCUT2D eigenvalue weighted by Gasteiger charge is 2.40. The van der Waals surface area contributed by atoms with Crippen molar-refractivity contribution >= 4 is 0 Å². The molecule has 1 aromatic heterocycles. The third kappa shape index (κ3) is 2.87. The van der Waals surface area contributed by atoms with Crippen molar-refractivity contribution in [3.63, 3.8) is 0 Å². The van der Waals surface area contributed by atoms with Gasteiger partial charge in [-0.3, -0.25) is 0 Å². The summed E-state index contributed by atoms with van der Waals surface area (Å²) in [4.78, 5) is 4.77. The zero-order chi connectivity index (χ0) is 14.9. The lowest BCUT2D eigenvalue weighted by Crippen LogP contribution is -2.32. The summed E-state index contributed by atoms with van der Waals surface area (Å²) in [7, 11) is 0. The molecule has 3 rings (SSSR count). The van der Waals surface area contributed by atoms with E-state index in [1.165, 1.54) is 38.5 Å². The van der Waals surface area contributed by atoms with Gasteiger partial charge >= 0.3 is 0 Å². The van der Waals surface area contributed by atoms with Crippen molar-refractivity contribution in [1.29, 1.82) is 0 Å². The van der Waals surface area contributed by atoms with Crippen LogP contribution < -0.4 is 5.73 Å². The second kappa shape index (κ2) is 6.07. The maximum absolute atomic E-state index is 6.01. The molecule has 0 saturated heterocycles. The van der Waals surface area contributed by atoms with Crippen molar-refractivity contribution in [3.05, 3.63) is 11.7 Å². The standard InChI is InChI=1S/C17H29N3O/c1-12(2)13-5-7-14(8-6-13)15-19-16(21-20-15)17(11-18)9-3-4-10-17/h12-14H,3-11,18H2,1-2H3. The summed E-state index contributed by atoms with van der Waals surface area (Å²) in [6.07, 6.45) is 9.68. The minimum atomic E-state index is -0.0274. The molecule has 4 heteroatoms. The Kier molecular flexibility index (Phi) is 4.34. The number of hydrogen-bond acceptors (Lipinski definition) is 4. The van der Waals surface area contributed by atoms with Crippen molar-refractivity contribution in [1.82, 2.24) is 10.1 Å². The van der Waals surface area contributed by atoms with Crippen LogP contribution in [-0.4, -0.2) is 16.7 Å². The van der Waals surface area contributed by atoms with Gasteiger partial charge in [-0.05, 0) is 50.4 Å². The van der Waals surface area contributed by atoms with E-state index in [9.17, 15) is 0 Å². The van der Waals surface area contributed by atoms with Crippen molar-refractivity contribution in [2.75, 3.05) is 6.54 Å². The minimum absolute atomic E-state index is 0.0274. The normalized spacial score (nSPS) is 29.1. The molecule has 2 aliphatic carbocycles. The Morgan fingerprint density at radius 3 is 2.43 bits per heavy atom. The Labute approximate surface area is 127 Å². The highest BCUT2D eigenvalue weighted by molar-refractivity contribution is 5.10. The molecule has 118 valence electrons. The van der Waals surface area contributed by atoms with E-state index in [4.69, 9.17) is 15.2 Å². The lowest BCUT2D eigenvalue weighted by atomic mass is 9.77. The van der Waals surface area contributed by atoms with Crippen LogP contribution in [0.25, 0.3) is 0 Å². The number of rotatable bonds is 4. The van der Waals surface area contributed by atoms with Crippen LogP contribution in [0.3, 0.4) is 0 Å². The first-order chi connectivity index (χ1) is 10.1. The van der Waals surface area contributed by atoms with Gasteiger partial charge in [-0.2, -0.15) is 4.98 Å². The van der Waals surface area contributed by atoms with Gasteiger partial charge in [0.1, 0.15) is 0 Å². The van der Waals surface area contributed by atoms with Crippen LogP contribution in [0.1, 0.15) is 82.8 Å². The van der Waals surface area contributed by atoms with E-state index < -0.39 is 0 Å². The summed E-state index contributed by atoms with van der Waals surface area (Å²) >= 11 is 0. The van der Waals surface area contributed by atoms with E-state index in [0.717, 1.165) is 36.4 Å². The Morgan fingerprint density at radius 2 is 1.86 bits per heavy atom. The highest BCUT2D eigenvalue weighted by Crippen LogP contribution is 2.41. The average molecular weight is 291 g/mol. The molecule has 2 fully saturated rings. The molecule has 21 heavy (non-hydrogen) atoms. The summed E-state index contributed by atoms with van der Waals surface area (Å²) in [5, 5.41) is 4.31. The van der Waals surface area contributed by atoms with E-state index in [0.29, 0.717) is 12.5 Å². The molecule has 1 heterocycles. The van der Waals surface area contributed by atoms with Gasteiger partial charge in [0, 0.05) is 12.5 Å². The molecular formula is C17H29N3O. The quantitative estimate of drug-likeness (QED) is 0.917. The first kappa shape index (κ1) is 15.0. The van der Waals surface area contributed by atoms with E-state index in [1.54, 1.807) is 0 Å². The van der Waals surface area contributed by atoms with Crippen molar-refractivity contribution in [2.24, 2.45) is 17.6 Å². The van der Waals surface area contributed by atoms with Crippen LogP contribution >= 0.6 is 0 Å². The van der Waals surface area contributed by atoms with Gasteiger partial charge in [0.15, 0.2) is 5.82 Å². The Balaban J connectivity index is 1.68. The van der Waals surface area contributed by atoms with Crippen LogP contribution in [-0.2, 0) is 5.41 Å². The van der Waals surface area contributed by atoms with Gasteiger partial charge in [0.25, 0.3) is 0 Å². The highest BCUT2D eigenvalue weighted by atomic mass is 16.5. The Hall–Kier alpha value is -0.900.